The summed E-state index contributed by atoms with van der Waals surface area (Å²) in [5, 5.41) is 3.08. The molecule has 1 N–H and O–H groups in total. The van der Waals surface area contributed by atoms with Crippen molar-refractivity contribution < 1.29 is 9.59 Å². The van der Waals surface area contributed by atoms with Crippen LogP contribution in [0.15, 0.2) is 78.9 Å². The molecule has 0 aromatic heterocycles. The third kappa shape index (κ3) is 5.91. The fraction of sp³-hybridized carbons (Fsp3) is 0.310. The smallest absolute Gasteiger partial charge is 0.253 e. The Bertz CT molecular complexity index is 1100. The molecule has 1 heterocycles. The minimum atomic E-state index is 0.00660. The van der Waals surface area contributed by atoms with Crippen molar-refractivity contribution in [2.24, 2.45) is 0 Å². The predicted octanol–water partition coefficient (Wildman–Crippen LogP) is 5.26. The van der Waals surface area contributed by atoms with Crippen molar-refractivity contribution in [1.82, 2.24) is 9.80 Å². The highest BCUT2D eigenvalue weighted by Crippen LogP contribution is 2.27. The van der Waals surface area contributed by atoms with Gasteiger partial charge in [-0.1, -0.05) is 74.5 Å². The van der Waals surface area contributed by atoms with Crippen molar-refractivity contribution in [2.75, 3.05) is 38.0 Å². The number of anilines is 1. The lowest BCUT2D eigenvalue weighted by Crippen LogP contribution is -2.49. The average molecular weight is 456 g/mol. The number of amides is 2. The normalized spacial score (nSPS) is 14.3. The van der Waals surface area contributed by atoms with E-state index >= 15 is 0 Å². The van der Waals surface area contributed by atoms with Gasteiger partial charge >= 0.3 is 0 Å². The maximum absolute atomic E-state index is 12.8. The molecular weight excluding hydrogens is 422 g/mol. The Balaban J connectivity index is 1.25. The summed E-state index contributed by atoms with van der Waals surface area (Å²) >= 11 is 0. The van der Waals surface area contributed by atoms with Crippen molar-refractivity contribution in [2.45, 2.75) is 26.2 Å². The lowest BCUT2D eigenvalue weighted by Gasteiger charge is -2.34. The summed E-state index contributed by atoms with van der Waals surface area (Å²) in [6, 6.07) is 25.9. The van der Waals surface area contributed by atoms with Crippen LogP contribution in [-0.4, -0.2) is 54.3 Å². The Kier molecular flexibility index (Phi) is 7.76. The maximum atomic E-state index is 12.8. The zero-order valence-corrected chi connectivity index (χ0v) is 20.0. The molecule has 0 atom stereocenters. The van der Waals surface area contributed by atoms with Crippen molar-refractivity contribution in [3.63, 3.8) is 0 Å². The van der Waals surface area contributed by atoms with Crippen LogP contribution < -0.4 is 5.32 Å². The SMILES string of the molecule is CC(C)c1ccc(C(=O)N2CCN(CCC(=O)Nc3ccccc3-c3ccccc3)CC2)cc1. The van der Waals surface area contributed by atoms with E-state index in [-0.39, 0.29) is 11.8 Å². The highest BCUT2D eigenvalue weighted by molar-refractivity contribution is 5.95. The zero-order chi connectivity index (χ0) is 23.9. The zero-order valence-electron chi connectivity index (χ0n) is 20.0. The van der Waals surface area contributed by atoms with E-state index in [9.17, 15) is 9.59 Å². The van der Waals surface area contributed by atoms with Gasteiger partial charge in [-0.2, -0.15) is 0 Å². The van der Waals surface area contributed by atoms with Crippen molar-refractivity contribution >= 4 is 17.5 Å². The van der Waals surface area contributed by atoms with Gasteiger partial charge < -0.3 is 10.2 Å². The molecule has 3 aromatic carbocycles. The molecule has 34 heavy (non-hydrogen) atoms. The van der Waals surface area contributed by atoms with Gasteiger partial charge in [-0.3, -0.25) is 14.5 Å². The molecule has 0 saturated carbocycles. The number of nitrogens with one attached hydrogen (secondary N) is 1. The number of hydrogen-bond acceptors (Lipinski definition) is 3. The Morgan fingerprint density at radius 3 is 2.15 bits per heavy atom. The lowest BCUT2D eigenvalue weighted by molar-refractivity contribution is -0.116. The molecule has 1 fully saturated rings. The van der Waals surface area contributed by atoms with Crippen LogP contribution in [0.3, 0.4) is 0 Å². The molecule has 0 aliphatic carbocycles. The summed E-state index contributed by atoms with van der Waals surface area (Å²) in [4.78, 5) is 29.7. The molecule has 0 radical (unpaired) electrons. The van der Waals surface area contributed by atoms with Gasteiger partial charge in [-0.25, -0.2) is 0 Å². The van der Waals surface area contributed by atoms with Gasteiger partial charge in [-0.05, 0) is 35.2 Å². The first kappa shape index (κ1) is 23.7. The molecule has 5 heteroatoms. The number of nitrogens with zero attached hydrogens (tertiary/aromatic N) is 2. The van der Waals surface area contributed by atoms with Gasteiger partial charge in [-0.15, -0.1) is 0 Å². The Morgan fingerprint density at radius 1 is 0.824 bits per heavy atom. The summed E-state index contributed by atoms with van der Waals surface area (Å²) in [7, 11) is 0. The summed E-state index contributed by atoms with van der Waals surface area (Å²) in [5.41, 5.74) is 4.92. The molecule has 3 aromatic rings. The highest BCUT2D eigenvalue weighted by atomic mass is 16.2. The number of piperazine rings is 1. The van der Waals surface area contributed by atoms with Gasteiger partial charge in [0.2, 0.25) is 5.91 Å². The van der Waals surface area contributed by atoms with Gasteiger partial charge in [0.05, 0.1) is 0 Å². The molecule has 176 valence electrons. The van der Waals surface area contributed by atoms with Crippen LogP contribution in [0.5, 0.6) is 0 Å². The van der Waals surface area contributed by atoms with Gasteiger partial charge in [0.25, 0.3) is 5.91 Å². The lowest BCUT2D eigenvalue weighted by atomic mass is 10.0. The second-order valence-electron chi connectivity index (χ2n) is 9.12. The number of hydrogen-bond donors (Lipinski definition) is 1. The molecule has 5 nitrogen and oxygen atoms in total. The minimum absolute atomic E-state index is 0.00660. The van der Waals surface area contributed by atoms with E-state index in [1.54, 1.807) is 0 Å². The molecular formula is C29H33N3O2. The van der Waals surface area contributed by atoms with Crippen molar-refractivity contribution in [3.8, 4) is 11.1 Å². The Morgan fingerprint density at radius 2 is 1.47 bits per heavy atom. The van der Waals surface area contributed by atoms with Crippen LogP contribution in [0.2, 0.25) is 0 Å². The van der Waals surface area contributed by atoms with Crippen LogP contribution in [0, 0.1) is 0 Å². The number of rotatable bonds is 7. The molecule has 1 saturated heterocycles. The summed E-state index contributed by atoms with van der Waals surface area (Å²) in [5.74, 6) is 0.550. The van der Waals surface area contributed by atoms with E-state index in [1.807, 2.05) is 83.8 Å². The summed E-state index contributed by atoms with van der Waals surface area (Å²) in [6.07, 6.45) is 0.424. The fourth-order valence-corrected chi connectivity index (χ4v) is 4.30. The molecule has 0 bridgehead atoms. The van der Waals surface area contributed by atoms with E-state index in [1.165, 1.54) is 5.56 Å². The van der Waals surface area contributed by atoms with Gasteiger partial charge in [0, 0.05) is 56.0 Å². The third-order valence-corrected chi connectivity index (χ3v) is 6.42. The quantitative estimate of drug-likeness (QED) is 0.528. The van der Waals surface area contributed by atoms with Crippen LogP contribution in [-0.2, 0) is 4.79 Å². The van der Waals surface area contributed by atoms with Crippen molar-refractivity contribution in [1.29, 1.82) is 0 Å². The first-order valence-electron chi connectivity index (χ1n) is 12.1. The molecule has 1 aliphatic rings. The third-order valence-electron chi connectivity index (χ3n) is 6.42. The first-order chi connectivity index (χ1) is 16.5. The number of carbonyl (C=O) groups excluding carboxylic acids is 2. The topological polar surface area (TPSA) is 52.7 Å². The van der Waals surface area contributed by atoms with E-state index in [0.29, 0.717) is 32.0 Å². The van der Waals surface area contributed by atoms with Gasteiger partial charge in [0.15, 0.2) is 0 Å². The second kappa shape index (κ2) is 11.1. The predicted molar refractivity (Wildman–Crippen MR) is 138 cm³/mol. The summed E-state index contributed by atoms with van der Waals surface area (Å²) in [6.45, 7) is 7.92. The van der Waals surface area contributed by atoms with Crippen LogP contribution in [0.25, 0.3) is 11.1 Å². The molecule has 0 spiro atoms. The van der Waals surface area contributed by atoms with E-state index in [4.69, 9.17) is 0 Å². The van der Waals surface area contributed by atoms with E-state index < -0.39 is 0 Å². The monoisotopic (exact) mass is 455 g/mol. The number of carbonyl (C=O) groups is 2. The molecule has 0 unspecified atom stereocenters. The highest BCUT2D eigenvalue weighted by Gasteiger charge is 2.22. The average Bonchev–Trinajstić information content (AvgIpc) is 2.88. The van der Waals surface area contributed by atoms with Crippen LogP contribution >= 0.6 is 0 Å². The second-order valence-corrected chi connectivity index (χ2v) is 9.12. The largest absolute Gasteiger partial charge is 0.336 e. The van der Waals surface area contributed by atoms with E-state index in [0.717, 1.165) is 35.5 Å². The first-order valence-corrected chi connectivity index (χ1v) is 12.1. The number of benzene rings is 3. The Hall–Kier alpha value is -3.44. The van der Waals surface area contributed by atoms with Crippen LogP contribution in [0.4, 0.5) is 5.69 Å². The Labute approximate surface area is 202 Å². The summed E-state index contributed by atoms with van der Waals surface area (Å²) < 4.78 is 0. The van der Waals surface area contributed by atoms with Gasteiger partial charge in [0.1, 0.15) is 0 Å². The maximum Gasteiger partial charge on any atom is 0.253 e. The number of para-hydroxylation sites is 1. The van der Waals surface area contributed by atoms with Crippen LogP contribution in [0.1, 0.15) is 42.1 Å². The molecule has 2 amide bonds. The fourth-order valence-electron chi connectivity index (χ4n) is 4.30. The standard InChI is InChI=1S/C29H33N3O2/c1-22(2)23-12-14-25(15-13-23)29(34)32-20-18-31(19-21-32)17-16-28(33)30-27-11-7-6-10-26(27)24-8-4-3-5-9-24/h3-15,22H,16-21H2,1-2H3,(H,30,33). The molecule has 1 aliphatic heterocycles. The minimum Gasteiger partial charge on any atom is -0.336 e. The molecule has 4 rings (SSSR count). The van der Waals surface area contributed by atoms with E-state index in [2.05, 4.69) is 24.1 Å². The van der Waals surface area contributed by atoms with Crippen molar-refractivity contribution in [3.05, 3.63) is 90.0 Å².